The van der Waals surface area contributed by atoms with Crippen molar-refractivity contribution < 1.29 is 14.3 Å². The Balaban J connectivity index is 1.59. The molecule has 0 spiro atoms. The summed E-state index contributed by atoms with van der Waals surface area (Å²) in [5, 5.41) is 8.16. The quantitative estimate of drug-likeness (QED) is 0.494. The first-order chi connectivity index (χ1) is 10.2. The molecule has 2 saturated heterocycles. The number of imide groups is 1. The van der Waals surface area contributed by atoms with E-state index in [1.165, 1.54) is 0 Å². The predicted octanol–water partition coefficient (Wildman–Crippen LogP) is -1.95. The molecule has 2 heterocycles. The van der Waals surface area contributed by atoms with Gasteiger partial charge >= 0.3 is 6.03 Å². The normalized spacial score (nSPS) is 20.8. The Bertz CT molecular complexity index is 354. The fourth-order valence-corrected chi connectivity index (χ4v) is 2.50. The highest BCUT2D eigenvalue weighted by molar-refractivity contribution is 5.95. The number of nitrogens with one attached hydrogen (secondary N) is 3. The molecule has 0 aliphatic carbocycles. The monoisotopic (exact) mass is 299 g/mol. The van der Waals surface area contributed by atoms with Crippen LogP contribution in [0.2, 0.25) is 0 Å². The van der Waals surface area contributed by atoms with Gasteiger partial charge in [-0.3, -0.25) is 19.9 Å². The van der Waals surface area contributed by atoms with Gasteiger partial charge in [-0.1, -0.05) is 0 Å². The van der Waals surface area contributed by atoms with E-state index in [0.29, 0.717) is 19.2 Å². The van der Waals surface area contributed by atoms with Crippen LogP contribution in [0, 0.1) is 0 Å². The Labute approximate surface area is 125 Å². The summed E-state index contributed by atoms with van der Waals surface area (Å²) >= 11 is 0. The number of piperazine rings is 1. The standard InChI is InChI=1S/C13H25N5O3/c1-21-7-2-15-13(20)16-12(19)10-17-3-5-18(6-4-17)11-8-14-9-11/h11,14H,2-10H2,1H3,(H2,15,16,19,20). The topological polar surface area (TPSA) is 85.9 Å². The molecule has 3 amide bonds. The molecule has 8 nitrogen and oxygen atoms in total. The molecule has 0 saturated carbocycles. The lowest BCUT2D eigenvalue weighted by Gasteiger charge is -2.43. The average molecular weight is 299 g/mol. The first-order valence-electron chi connectivity index (χ1n) is 7.43. The molecule has 0 radical (unpaired) electrons. The van der Waals surface area contributed by atoms with Gasteiger partial charge in [0.05, 0.1) is 13.2 Å². The summed E-state index contributed by atoms with van der Waals surface area (Å²) in [4.78, 5) is 27.7. The van der Waals surface area contributed by atoms with Crippen molar-refractivity contribution in [3.05, 3.63) is 0 Å². The van der Waals surface area contributed by atoms with Crippen molar-refractivity contribution in [2.45, 2.75) is 6.04 Å². The molecule has 2 aliphatic rings. The number of carbonyl (C=O) groups excluding carboxylic acids is 2. The van der Waals surface area contributed by atoms with Crippen LogP contribution in [0.15, 0.2) is 0 Å². The van der Waals surface area contributed by atoms with E-state index in [4.69, 9.17) is 4.74 Å². The van der Waals surface area contributed by atoms with Gasteiger partial charge in [0.2, 0.25) is 5.91 Å². The summed E-state index contributed by atoms with van der Waals surface area (Å²) in [7, 11) is 1.56. The Morgan fingerprint density at radius 2 is 1.95 bits per heavy atom. The number of rotatable bonds is 6. The summed E-state index contributed by atoms with van der Waals surface area (Å²) in [5.41, 5.74) is 0. The summed E-state index contributed by atoms with van der Waals surface area (Å²) in [6, 6.07) is 0.198. The molecule has 2 fully saturated rings. The van der Waals surface area contributed by atoms with Gasteiger partial charge in [0.1, 0.15) is 0 Å². The zero-order valence-corrected chi connectivity index (χ0v) is 12.6. The molecule has 0 aromatic carbocycles. The van der Waals surface area contributed by atoms with E-state index in [2.05, 4.69) is 25.8 Å². The number of carbonyl (C=O) groups is 2. The summed E-state index contributed by atoms with van der Waals surface area (Å²) < 4.78 is 4.82. The minimum Gasteiger partial charge on any atom is -0.383 e. The van der Waals surface area contributed by atoms with Crippen molar-refractivity contribution >= 4 is 11.9 Å². The Morgan fingerprint density at radius 3 is 2.52 bits per heavy atom. The van der Waals surface area contributed by atoms with E-state index in [9.17, 15) is 9.59 Å². The van der Waals surface area contributed by atoms with Crippen molar-refractivity contribution in [1.82, 2.24) is 25.8 Å². The van der Waals surface area contributed by atoms with Gasteiger partial charge in [-0.25, -0.2) is 4.79 Å². The SMILES string of the molecule is COCCNC(=O)NC(=O)CN1CCN(C2CNC2)CC1. The lowest BCUT2D eigenvalue weighted by Crippen LogP contribution is -2.62. The van der Waals surface area contributed by atoms with E-state index in [-0.39, 0.29) is 12.5 Å². The molecular weight excluding hydrogens is 274 g/mol. The molecule has 8 heteroatoms. The van der Waals surface area contributed by atoms with Crippen LogP contribution in [-0.2, 0) is 9.53 Å². The van der Waals surface area contributed by atoms with Crippen LogP contribution in [0.3, 0.4) is 0 Å². The van der Waals surface area contributed by atoms with Gasteiger partial charge in [-0.2, -0.15) is 0 Å². The second kappa shape index (κ2) is 8.28. The lowest BCUT2D eigenvalue weighted by molar-refractivity contribution is -0.121. The fourth-order valence-electron chi connectivity index (χ4n) is 2.50. The zero-order valence-electron chi connectivity index (χ0n) is 12.6. The Kier molecular flexibility index (Phi) is 6.37. The zero-order chi connectivity index (χ0) is 15.1. The predicted molar refractivity (Wildman–Crippen MR) is 78.1 cm³/mol. The van der Waals surface area contributed by atoms with Crippen LogP contribution in [0.5, 0.6) is 0 Å². The van der Waals surface area contributed by atoms with Gasteiger partial charge < -0.3 is 15.4 Å². The summed E-state index contributed by atoms with van der Waals surface area (Å²) in [6.07, 6.45) is 0. The number of amides is 3. The Morgan fingerprint density at radius 1 is 1.24 bits per heavy atom. The number of urea groups is 1. The van der Waals surface area contributed by atoms with Gasteiger partial charge in [0.25, 0.3) is 0 Å². The highest BCUT2D eigenvalue weighted by Crippen LogP contribution is 2.09. The molecule has 0 unspecified atom stereocenters. The van der Waals surface area contributed by atoms with Crippen LogP contribution in [0.4, 0.5) is 4.79 Å². The Hall–Kier alpha value is -1.22. The molecule has 120 valence electrons. The van der Waals surface area contributed by atoms with Crippen molar-refractivity contribution in [2.24, 2.45) is 0 Å². The van der Waals surface area contributed by atoms with E-state index in [1.807, 2.05) is 0 Å². The second-order valence-corrected chi connectivity index (χ2v) is 5.42. The van der Waals surface area contributed by atoms with Crippen molar-refractivity contribution in [3.63, 3.8) is 0 Å². The molecule has 2 rings (SSSR count). The maximum absolute atomic E-state index is 11.8. The number of methoxy groups -OCH3 is 1. The van der Waals surface area contributed by atoms with E-state index in [1.54, 1.807) is 7.11 Å². The molecule has 3 N–H and O–H groups in total. The van der Waals surface area contributed by atoms with Crippen LogP contribution < -0.4 is 16.0 Å². The number of hydrogen-bond donors (Lipinski definition) is 3. The maximum Gasteiger partial charge on any atom is 0.321 e. The van der Waals surface area contributed by atoms with Gasteiger partial charge in [-0.15, -0.1) is 0 Å². The van der Waals surface area contributed by atoms with Gasteiger partial charge in [0.15, 0.2) is 0 Å². The third-order valence-corrected chi connectivity index (χ3v) is 3.90. The van der Waals surface area contributed by atoms with Crippen LogP contribution in [0.1, 0.15) is 0 Å². The van der Waals surface area contributed by atoms with E-state index in [0.717, 1.165) is 39.3 Å². The number of nitrogens with zero attached hydrogens (tertiary/aromatic N) is 2. The summed E-state index contributed by atoms with van der Waals surface area (Å²) in [5.74, 6) is -0.260. The highest BCUT2D eigenvalue weighted by atomic mass is 16.5. The molecule has 0 aromatic heterocycles. The molecule has 2 aliphatic heterocycles. The minimum atomic E-state index is -0.462. The van der Waals surface area contributed by atoms with E-state index < -0.39 is 6.03 Å². The van der Waals surface area contributed by atoms with Gasteiger partial charge in [-0.05, 0) is 0 Å². The number of ether oxygens (including phenoxy) is 1. The largest absolute Gasteiger partial charge is 0.383 e. The maximum atomic E-state index is 11.8. The third-order valence-electron chi connectivity index (χ3n) is 3.90. The first-order valence-corrected chi connectivity index (χ1v) is 7.43. The summed E-state index contributed by atoms with van der Waals surface area (Å²) in [6.45, 7) is 6.95. The van der Waals surface area contributed by atoms with Crippen LogP contribution in [0.25, 0.3) is 0 Å². The van der Waals surface area contributed by atoms with Gasteiger partial charge in [0, 0.05) is 59.0 Å². The van der Waals surface area contributed by atoms with Crippen molar-refractivity contribution in [2.75, 3.05) is 66.1 Å². The fraction of sp³-hybridized carbons (Fsp3) is 0.846. The van der Waals surface area contributed by atoms with Crippen molar-refractivity contribution in [1.29, 1.82) is 0 Å². The smallest absolute Gasteiger partial charge is 0.321 e. The molecule has 0 atom stereocenters. The van der Waals surface area contributed by atoms with Crippen LogP contribution >= 0.6 is 0 Å². The van der Waals surface area contributed by atoms with E-state index >= 15 is 0 Å². The highest BCUT2D eigenvalue weighted by Gasteiger charge is 2.28. The first kappa shape index (κ1) is 16.2. The minimum absolute atomic E-state index is 0.260. The third kappa shape index (κ3) is 5.24. The second-order valence-electron chi connectivity index (χ2n) is 5.42. The molecule has 21 heavy (non-hydrogen) atoms. The van der Waals surface area contributed by atoms with Crippen LogP contribution in [-0.4, -0.2) is 93.9 Å². The molecule has 0 bridgehead atoms. The lowest BCUT2D eigenvalue weighted by atomic mass is 10.1. The number of hydrogen-bond acceptors (Lipinski definition) is 6. The van der Waals surface area contributed by atoms with Crippen molar-refractivity contribution in [3.8, 4) is 0 Å². The molecular formula is C13H25N5O3. The molecule has 0 aromatic rings. The average Bonchev–Trinajstić information content (AvgIpc) is 2.39.